The zero-order valence-corrected chi connectivity index (χ0v) is 13.2. The van der Waals surface area contributed by atoms with Crippen molar-refractivity contribution in [1.82, 2.24) is 0 Å². The molecule has 6 heteroatoms. The Morgan fingerprint density at radius 2 is 1.92 bits per heavy atom. The van der Waals surface area contributed by atoms with Crippen molar-refractivity contribution in [1.29, 1.82) is 0 Å². The van der Waals surface area contributed by atoms with Gasteiger partial charge in [0.25, 0.3) is 5.69 Å². The number of non-ortho nitro benzene ring substituents is 1. The molecule has 0 saturated carbocycles. The molecule has 0 aromatic heterocycles. The van der Waals surface area contributed by atoms with Gasteiger partial charge in [-0.05, 0) is 35.9 Å². The number of nitrogens with zero attached hydrogens (tertiary/aromatic N) is 1. The first kappa shape index (κ1) is 17.4. The molecule has 0 saturated heterocycles. The third-order valence-electron chi connectivity index (χ3n) is 3.20. The summed E-state index contributed by atoms with van der Waals surface area (Å²) in [6.07, 6.45) is 2.94. The minimum atomic E-state index is -0.471. The first-order chi connectivity index (χ1) is 11.6. The zero-order chi connectivity index (χ0) is 17.4. The molecule has 124 valence electrons. The Kier molecular flexibility index (Phi) is 6.22. The van der Waals surface area contributed by atoms with Gasteiger partial charge >= 0.3 is 0 Å². The van der Waals surface area contributed by atoms with E-state index in [2.05, 4.69) is 0 Å². The average Bonchev–Trinajstić information content (AvgIpc) is 2.60. The number of allylic oxidation sites excluding steroid dienone is 1. The van der Waals surface area contributed by atoms with Crippen molar-refractivity contribution in [3.05, 3.63) is 75.8 Å². The zero-order valence-electron chi connectivity index (χ0n) is 13.2. The molecule has 0 fully saturated rings. The van der Waals surface area contributed by atoms with Crippen LogP contribution in [0.5, 0.6) is 5.75 Å². The smallest absolute Gasteiger partial charge is 0.270 e. The van der Waals surface area contributed by atoms with Crippen LogP contribution in [-0.2, 0) is 4.74 Å². The van der Waals surface area contributed by atoms with E-state index in [1.807, 2.05) is 0 Å². The minimum absolute atomic E-state index is 0.0119. The van der Waals surface area contributed by atoms with Crippen molar-refractivity contribution in [2.24, 2.45) is 0 Å². The van der Waals surface area contributed by atoms with E-state index in [1.165, 1.54) is 18.2 Å². The van der Waals surface area contributed by atoms with E-state index in [9.17, 15) is 14.9 Å². The minimum Gasteiger partial charge on any atom is -0.491 e. The maximum Gasteiger partial charge on any atom is 0.270 e. The molecule has 0 spiro atoms. The number of nitro benzene ring substituents is 1. The van der Waals surface area contributed by atoms with Gasteiger partial charge in [0, 0.05) is 24.8 Å². The summed E-state index contributed by atoms with van der Waals surface area (Å²) >= 11 is 0. The topological polar surface area (TPSA) is 78.7 Å². The second-order valence-corrected chi connectivity index (χ2v) is 4.92. The van der Waals surface area contributed by atoms with Gasteiger partial charge < -0.3 is 9.47 Å². The van der Waals surface area contributed by atoms with Crippen LogP contribution in [0.4, 0.5) is 5.69 Å². The predicted octanol–water partition coefficient (Wildman–Crippen LogP) is 3.52. The third-order valence-corrected chi connectivity index (χ3v) is 3.20. The van der Waals surface area contributed by atoms with Crippen molar-refractivity contribution in [3.63, 3.8) is 0 Å². The highest BCUT2D eigenvalue weighted by atomic mass is 16.6. The molecule has 0 atom stereocenters. The van der Waals surface area contributed by atoms with E-state index in [-0.39, 0.29) is 11.5 Å². The molecule has 0 N–H and O–H groups in total. The number of methoxy groups -OCH3 is 1. The molecular weight excluding hydrogens is 310 g/mol. The van der Waals surface area contributed by atoms with Gasteiger partial charge in [0.15, 0.2) is 5.78 Å². The molecule has 0 amide bonds. The summed E-state index contributed by atoms with van der Waals surface area (Å²) in [5, 5.41) is 10.7. The maximum absolute atomic E-state index is 12.1. The Morgan fingerprint density at radius 3 is 2.58 bits per heavy atom. The van der Waals surface area contributed by atoms with Crippen molar-refractivity contribution in [2.45, 2.75) is 0 Å². The number of hydrogen-bond donors (Lipinski definition) is 0. The number of nitro groups is 1. The molecule has 2 rings (SSSR count). The van der Waals surface area contributed by atoms with Crippen LogP contribution in [0.15, 0.2) is 54.6 Å². The van der Waals surface area contributed by atoms with Gasteiger partial charge in [-0.1, -0.05) is 18.2 Å². The highest BCUT2D eigenvalue weighted by Gasteiger charge is 2.05. The molecule has 0 heterocycles. The summed E-state index contributed by atoms with van der Waals surface area (Å²) in [4.78, 5) is 22.4. The second kappa shape index (κ2) is 8.59. The lowest BCUT2D eigenvalue weighted by Crippen LogP contribution is -2.04. The Labute approximate surface area is 139 Å². The quantitative estimate of drug-likeness (QED) is 0.244. The maximum atomic E-state index is 12.1. The Balaban J connectivity index is 2.01. The van der Waals surface area contributed by atoms with Crippen LogP contribution in [0.1, 0.15) is 15.9 Å². The van der Waals surface area contributed by atoms with E-state index in [0.717, 1.165) is 0 Å². The van der Waals surface area contributed by atoms with Crippen molar-refractivity contribution in [2.75, 3.05) is 20.3 Å². The van der Waals surface area contributed by atoms with Gasteiger partial charge in [0.1, 0.15) is 12.4 Å². The number of ketones is 1. The van der Waals surface area contributed by atoms with Crippen LogP contribution < -0.4 is 4.74 Å². The van der Waals surface area contributed by atoms with Gasteiger partial charge in [0.2, 0.25) is 0 Å². The fraction of sp³-hybridized carbons (Fsp3) is 0.167. The summed E-state index contributed by atoms with van der Waals surface area (Å²) in [7, 11) is 1.60. The van der Waals surface area contributed by atoms with Gasteiger partial charge in [-0.15, -0.1) is 0 Å². The standard InChI is InChI=1S/C18H17NO5/c1-23-11-12-24-17-8-6-15(7-9-17)18(20)10-5-14-3-2-4-16(13-14)19(21)22/h2-10,13H,11-12H2,1H3. The van der Waals surface area contributed by atoms with Crippen LogP contribution >= 0.6 is 0 Å². The summed E-state index contributed by atoms with van der Waals surface area (Å²) < 4.78 is 10.3. The fourth-order valence-corrected chi connectivity index (χ4v) is 1.97. The Hall–Kier alpha value is -2.99. The summed E-state index contributed by atoms with van der Waals surface area (Å²) in [5.41, 5.74) is 1.09. The second-order valence-electron chi connectivity index (χ2n) is 4.92. The summed E-state index contributed by atoms with van der Waals surface area (Å²) in [6.45, 7) is 0.934. The van der Waals surface area contributed by atoms with E-state index >= 15 is 0 Å². The largest absolute Gasteiger partial charge is 0.491 e. The van der Waals surface area contributed by atoms with Crippen molar-refractivity contribution < 1.29 is 19.2 Å². The van der Waals surface area contributed by atoms with Gasteiger partial charge in [-0.25, -0.2) is 0 Å². The SMILES string of the molecule is COCCOc1ccc(C(=O)C=Cc2cccc([N+](=O)[O-])c2)cc1. The first-order valence-electron chi connectivity index (χ1n) is 7.29. The number of rotatable bonds is 8. The van der Waals surface area contributed by atoms with Crippen LogP contribution in [0, 0.1) is 10.1 Å². The molecule has 24 heavy (non-hydrogen) atoms. The van der Waals surface area contributed by atoms with E-state index in [0.29, 0.717) is 30.1 Å². The monoisotopic (exact) mass is 327 g/mol. The van der Waals surface area contributed by atoms with E-state index < -0.39 is 4.92 Å². The van der Waals surface area contributed by atoms with E-state index in [1.54, 1.807) is 49.6 Å². The molecule has 0 aliphatic carbocycles. The van der Waals surface area contributed by atoms with Crippen molar-refractivity contribution in [3.8, 4) is 5.75 Å². The van der Waals surface area contributed by atoms with Crippen LogP contribution in [0.2, 0.25) is 0 Å². The summed E-state index contributed by atoms with van der Waals surface area (Å²) in [5.74, 6) is 0.469. The van der Waals surface area contributed by atoms with Crippen LogP contribution in [-0.4, -0.2) is 31.0 Å². The summed E-state index contributed by atoms with van der Waals surface area (Å²) in [6, 6.07) is 12.9. The number of benzene rings is 2. The average molecular weight is 327 g/mol. The van der Waals surface area contributed by atoms with Gasteiger partial charge in [0.05, 0.1) is 11.5 Å². The predicted molar refractivity (Wildman–Crippen MR) is 90.3 cm³/mol. The molecule has 0 radical (unpaired) electrons. The van der Waals surface area contributed by atoms with Crippen LogP contribution in [0.25, 0.3) is 6.08 Å². The van der Waals surface area contributed by atoms with Gasteiger partial charge in [-0.3, -0.25) is 14.9 Å². The number of ether oxygens (including phenoxy) is 2. The third kappa shape index (κ3) is 5.03. The Morgan fingerprint density at radius 1 is 1.17 bits per heavy atom. The van der Waals surface area contributed by atoms with E-state index in [4.69, 9.17) is 9.47 Å². The lowest BCUT2D eigenvalue weighted by atomic mass is 10.1. The molecule has 0 unspecified atom stereocenters. The molecule has 0 aliphatic rings. The molecular formula is C18H17NO5. The number of carbonyl (C=O) groups excluding carboxylic acids is 1. The Bertz CT molecular complexity index is 737. The molecule has 6 nitrogen and oxygen atoms in total. The van der Waals surface area contributed by atoms with Crippen LogP contribution in [0.3, 0.4) is 0 Å². The number of hydrogen-bond acceptors (Lipinski definition) is 5. The highest BCUT2D eigenvalue weighted by molar-refractivity contribution is 6.06. The normalized spacial score (nSPS) is 10.7. The molecule has 0 aliphatic heterocycles. The lowest BCUT2D eigenvalue weighted by Gasteiger charge is -2.05. The lowest BCUT2D eigenvalue weighted by molar-refractivity contribution is -0.384. The highest BCUT2D eigenvalue weighted by Crippen LogP contribution is 2.16. The molecule has 2 aromatic rings. The van der Waals surface area contributed by atoms with Gasteiger partial charge in [-0.2, -0.15) is 0 Å². The van der Waals surface area contributed by atoms with Crippen molar-refractivity contribution >= 4 is 17.5 Å². The number of carbonyl (C=O) groups is 1. The first-order valence-corrected chi connectivity index (χ1v) is 7.29. The fourth-order valence-electron chi connectivity index (χ4n) is 1.97. The molecule has 2 aromatic carbocycles. The molecule has 0 bridgehead atoms.